The molecule has 2 N–H and O–H groups in total. The number of hydrogen-bond donors (Lipinski definition) is 1. The van der Waals surface area contributed by atoms with Crippen LogP contribution < -0.4 is 15.2 Å². The number of rotatable bonds is 2. The van der Waals surface area contributed by atoms with Gasteiger partial charge in [-0.05, 0) is 63.8 Å². The molecule has 1 amide bonds. The van der Waals surface area contributed by atoms with Gasteiger partial charge in [-0.15, -0.1) is 0 Å². The first-order chi connectivity index (χ1) is 14.4. The van der Waals surface area contributed by atoms with Gasteiger partial charge in [0.1, 0.15) is 17.1 Å². The summed E-state index contributed by atoms with van der Waals surface area (Å²) < 4.78 is 76.6. The fourth-order valence-corrected chi connectivity index (χ4v) is 4.01. The van der Waals surface area contributed by atoms with Gasteiger partial charge in [-0.1, -0.05) is 12.1 Å². The number of likely N-dealkylation sites (N-methyl/N-ethyl adjacent to an activating group) is 1. The fourth-order valence-electron chi connectivity index (χ4n) is 3.63. The lowest BCUT2D eigenvalue weighted by Gasteiger charge is -2.40. The number of nitrogens with zero attached hydrogens (tertiary/aromatic N) is 1. The predicted molar refractivity (Wildman–Crippen MR) is 102 cm³/mol. The number of carbonyl (C=O) groups is 1. The van der Waals surface area contributed by atoms with Gasteiger partial charge in [0, 0.05) is 7.05 Å². The lowest BCUT2D eigenvalue weighted by atomic mass is 9.69. The molecule has 5 nitrogen and oxygen atoms in total. The molecule has 11 heteroatoms. The molecule has 0 fully saturated rings. The summed E-state index contributed by atoms with van der Waals surface area (Å²) in [6.07, 6.45) is -8.22. The van der Waals surface area contributed by atoms with E-state index in [1.807, 2.05) is 0 Å². The van der Waals surface area contributed by atoms with Crippen molar-refractivity contribution in [1.29, 1.82) is 0 Å². The maximum atomic E-state index is 13.8. The van der Waals surface area contributed by atoms with Crippen molar-refractivity contribution in [3.63, 3.8) is 0 Å². The van der Waals surface area contributed by atoms with Crippen molar-refractivity contribution in [2.75, 3.05) is 7.05 Å². The number of nitrogens with two attached hydrogens (primary N) is 1. The van der Waals surface area contributed by atoms with Crippen LogP contribution in [0.4, 0.5) is 22.0 Å². The Hall–Kier alpha value is -2.82. The fraction of sp³-hybridized carbons (Fsp3) is 0.250. The van der Waals surface area contributed by atoms with Gasteiger partial charge in [-0.3, -0.25) is 4.79 Å². The van der Waals surface area contributed by atoms with Crippen LogP contribution in [0.25, 0.3) is 0 Å². The molecular weight excluding hydrogens is 491 g/mol. The summed E-state index contributed by atoms with van der Waals surface area (Å²) in [6.45, 7) is 0. The van der Waals surface area contributed by atoms with Crippen LogP contribution in [0.5, 0.6) is 11.5 Å². The molecule has 2 aliphatic heterocycles. The Morgan fingerprint density at radius 1 is 1.00 bits per heavy atom. The summed E-state index contributed by atoms with van der Waals surface area (Å²) >= 11 is 3.08. The largest absolute Gasteiger partial charge is 0.507 e. The Morgan fingerprint density at radius 3 is 2.23 bits per heavy atom. The van der Waals surface area contributed by atoms with Gasteiger partial charge in [0.25, 0.3) is 0 Å². The zero-order valence-corrected chi connectivity index (χ0v) is 17.4. The summed E-state index contributed by atoms with van der Waals surface area (Å²) in [4.78, 5) is 14.6. The van der Waals surface area contributed by atoms with Gasteiger partial charge in [-0.2, -0.15) is 17.6 Å². The summed E-state index contributed by atoms with van der Waals surface area (Å²) in [5.41, 5.74) is 4.81. The van der Waals surface area contributed by atoms with E-state index in [9.17, 15) is 26.7 Å². The molecule has 0 saturated heterocycles. The number of carbonyl (C=O) groups excluding carboxylic acids is 1. The number of amides is 1. The van der Waals surface area contributed by atoms with E-state index < -0.39 is 40.9 Å². The van der Waals surface area contributed by atoms with Gasteiger partial charge in [0.15, 0.2) is 11.5 Å². The molecular formula is C20H14BrF5N2O3. The van der Waals surface area contributed by atoms with Crippen molar-refractivity contribution in [3.8, 4) is 11.5 Å². The molecule has 1 unspecified atom stereocenters. The topological polar surface area (TPSA) is 64.8 Å². The minimum absolute atomic E-state index is 0.00623. The van der Waals surface area contributed by atoms with Crippen LogP contribution in [0, 0.1) is 5.82 Å². The zero-order chi connectivity index (χ0) is 22.8. The first-order valence-electron chi connectivity index (χ1n) is 8.86. The number of allylic oxidation sites excluding steroid dienone is 1. The van der Waals surface area contributed by atoms with E-state index in [0.717, 1.165) is 18.2 Å². The number of hydrogen-bond acceptors (Lipinski definition) is 4. The minimum Gasteiger partial charge on any atom is -0.421 e. The van der Waals surface area contributed by atoms with Crippen molar-refractivity contribution in [1.82, 2.24) is 4.90 Å². The van der Waals surface area contributed by atoms with E-state index in [-0.39, 0.29) is 22.3 Å². The second-order valence-corrected chi connectivity index (χ2v) is 7.99. The molecule has 0 saturated carbocycles. The average Bonchev–Trinajstić information content (AvgIpc) is 2.69. The molecule has 0 bridgehead atoms. The molecule has 0 aliphatic carbocycles. The molecule has 0 radical (unpaired) electrons. The Morgan fingerprint density at radius 2 is 1.58 bits per heavy atom. The van der Waals surface area contributed by atoms with Gasteiger partial charge in [-0.25, -0.2) is 4.39 Å². The van der Waals surface area contributed by atoms with Gasteiger partial charge >= 0.3 is 12.2 Å². The lowest BCUT2D eigenvalue weighted by Crippen LogP contribution is -2.52. The van der Waals surface area contributed by atoms with Crippen molar-refractivity contribution in [3.05, 3.63) is 69.7 Å². The van der Waals surface area contributed by atoms with Gasteiger partial charge in [0.05, 0.1) is 4.47 Å². The Kier molecular flexibility index (Phi) is 4.73. The molecule has 0 aromatic heterocycles. The standard InChI is InChI=1S/C20H14BrF5N2O3/c1-28-16(27)6-7-18(17(28)29,10-2-4-13(22)12(21)8-10)11-3-5-14-15(9-11)31-20(25,26)19(23,24)30-14/h2-6,8-9H,7,27H2,1H3. The quantitative estimate of drug-likeness (QED) is 0.612. The molecule has 1 atom stereocenters. The highest BCUT2D eigenvalue weighted by Gasteiger charge is 2.66. The highest BCUT2D eigenvalue weighted by atomic mass is 79.9. The average molecular weight is 505 g/mol. The molecule has 2 aromatic carbocycles. The van der Waals surface area contributed by atoms with Crippen LogP contribution in [0.15, 0.2) is 52.8 Å². The molecule has 2 aromatic rings. The predicted octanol–water partition coefficient (Wildman–Crippen LogP) is 4.49. The van der Waals surface area contributed by atoms with Crippen molar-refractivity contribution in [2.24, 2.45) is 5.73 Å². The summed E-state index contributed by atoms with van der Waals surface area (Å²) in [7, 11) is 1.42. The van der Waals surface area contributed by atoms with E-state index in [4.69, 9.17) is 5.73 Å². The van der Waals surface area contributed by atoms with Crippen LogP contribution in [-0.4, -0.2) is 30.1 Å². The van der Waals surface area contributed by atoms with Crippen LogP contribution >= 0.6 is 15.9 Å². The van der Waals surface area contributed by atoms with Crippen LogP contribution in [0.2, 0.25) is 0 Å². The van der Waals surface area contributed by atoms with Crippen molar-refractivity contribution < 1.29 is 36.2 Å². The van der Waals surface area contributed by atoms with Gasteiger partial charge in [0.2, 0.25) is 5.91 Å². The van der Waals surface area contributed by atoms with E-state index in [1.165, 1.54) is 30.1 Å². The van der Waals surface area contributed by atoms with Crippen molar-refractivity contribution in [2.45, 2.75) is 24.1 Å². The minimum atomic E-state index is -4.91. The molecule has 2 aliphatic rings. The molecule has 2 heterocycles. The molecule has 31 heavy (non-hydrogen) atoms. The second kappa shape index (κ2) is 6.84. The van der Waals surface area contributed by atoms with E-state index in [1.54, 1.807) is 6.08 Å². The van der Waals surface area contributed by atoms with E-state index in [0.29, 0.717) is 5.56 Å². The van der Waals surface area contributed by atoms with Crippen LogP contribution in [0.1, 0.15) is 17.5 Å². The zero-order valence-electron chi connectivity index (χ0n) is 15.8. The highest BCUT2D eigenvalue weighted by molar-refractivity contribution is 9.10. The third-order valence-corrected chi connectivity index (χ3v) is 5.95. The van der Waals surface area contributed by atoms with Crippen LogP contribution in [-0.2, 0) is 10.2 Å². The maximum Gasteiger partial charge on any atom is 0.507 e. The maximum absolute atomic E-state index is 13.8. The Labute approximate surface area is 181 Å². The van der Waals surface area contributed by atoms with E-state index >= 15 is 0 Å². The third kappa shape index (κ3) is 3.13. The number of fused-ring (bicyclic) bond motifs is 1. The highest BCUT2D eigenvalue weighted by Crippen LogP contribution is 2.50. The van der Waals surface area contributed by atoms with E-state index in [2.05, 4.69) is 25.4 Å². The Balaban J connectivity index is 1.92. The normalized spacial score (nSPS) is 24.0. The first kappa shape index (κ1) is 21.4. The molecule has 4 rings (SSSR count). The lowest BCUT2D eigenvalue weighted by molar-refractivity contribution is -0.391. The summed E-state index contributed by atoms with van der Waals surface area (Å²) in [5.74, 6) is -2.20. The number of ether oxygens (including phenoxy) is 2. The molecule has 164 valence electrons. The Bertz CT molecular complexity index is 1120. The third-order valence-electron chi connectivity index (χ3n) is 5.34. The van der Waals surface area contributed by atoms with Crippen molar-refractivity contribution >= 4 is 21.8 Å². The van der Waals surface area contributed by atoms with Crippen LogP contribution in [0.3, 0.4) is 0 Å². The smallest absolute Gasteiger partial charge is 0.421 e. The number of alkyl halides is 4. The monoisotopic (exact) mass is 504 g/mol. The molecule has 0 spiro atoms. The summed E-state index contributed by atoms with van der Waals surface area (Å²) in [5, 5.41) is 0. The summed E-state index contributed by atoms with van der Waals surface area (Å²) in [6, 6.07) is 7.25. The number of halogens is 6. The second-order valence-electron chi connectivity index (χ2n) is 7.13. The number of benzene rings is 2. The SMILES string of the molecule is CN1C(=O)C(c2ccc(F)c(Br)c2)(c2ccc3c(c2)OC(F)(F)C(F)(F)O3)CC=C1N. The first-order valence-corrected chi connectivity index (χ1v) is 9.66. The van der Waals surface area contributed by atoms with Gasteiger partial charge < -0.3 is 20.1 Å².